The summed E-state index contributed by atoms with van der Waals surface area (Å²) in [6.07, 6.45) is 0.668. The molecule has 0 aliphatic heterocycles. The molecule has 0 saturated carbocycles. The first-order chi connectivity index (χ1) is 12.6. The van der Waals surface area contributed by atoms with Crippen molar-refractivity contribution in [3.8, 4) is 0 Å². The van der Waals surface area contributed by atoms with E-state index in [4.69, 9.17) is 0 Å². The van der Waals surface area contributed by atoms with Gasteiger partial charge >= 0.3 is 0 Å². The zero-order chi connectivity index (χ0) is 18.4. The van der Waals surface area contributed by atoms with Crippen molar-refractivity contribution in [1.82, 2.24) is 4.31 Å². The molecule has 0 spiro atoms. The van der Waals surface area contributed by atoms with Crippen molar-refractivity contribution in [1.29, 1.82) is 0 Å². The van der Waals surface area contributed by atoms with Gasteiger partial charge in [-0.05, 0) is 35.7 Å². The predicted octanol–water partition coefficient (Wildman–Crippen LogP) is 4.88. The Kier molecular flexibility index (Phi) is 6.25. The van der Waals surface area contributed by atoms with Crippen molar-refractivity contribution in [2.24, 2.45) is 0 Å². The summed E-state index contributed by atoms with van der Waals surface area (Å²) < 4.78 is 28.7. The van der Waals surface area contributed by atoms with Gasteiger partial charge in [0.1, 0.15) is 0 Å². The van der Waals surface area contributed by atoms with E-state index in [9.17, 15) is 8.42 Å². The Morgan fingerprint density at radius 2 is 1.38 bits per heavy atom. The molecule has 134 valence electrons. The van der Waals surface area contributed by atoms with Crippen LogP contribution < -0.4 is 0 Å². The molecule has 0 aromatic heterocycles. The zero-order valence-electron chi connectivity index (χ0n) is 14.3. The van der Waals surface area contributed by atoms with Gasteiger partial charge in [0.2, 0.25) is 10.0 Å². The average Bonchev–Trinajstić information content (AvgIpc) is 2.66. The molecular formula is C21H20BrNO2S. The number of sulfonamides is 1. The van der Waals surface area contributed by atoms with Crippen LogP contribution in [0.4, 0.5) is 0 Å². The molecule has 0 amide bonds. The molecule has 26 heavy (non-hydrogen) atoms. The molecule has 3 aromatic carbocycles. The highest BCUT2D eigenvalue weighted by Gasteiger charge is 2.24. The largest absolute Gasteiger partial charge is 0.243 e. The lowest BCUT2D eigenvalue weighted by Crippen LogP contribution is -2.32. The number of halogens is 1. The van der Waals surface area contributed by atoms with Gasteiger partial charge in [0.25, 0.3) is 0 Å². The van der Waals surface area contributed by atoms with E-state index in [0.717, 1.165) is 15.6 Å². The molecule has 0 aliphatic carbocycles. The number of benzene rings is 3. The summed E-state index contributed by atoms with van der Waals surface area (Å²) >= 11 is 3.36. The van der Waals surface area contributed by atoms with E-state index in [1.54, 1.807) is 22.5 Å². The van der Waals surface area contributed by atoms with E-state index < -0.39 is 10.0 Å². The molecule has 0 radical (unpaired) electrons. The molecule has 0 bridgehead atoms. The van der Waals surface area contributed by atoms with Gasteiger partial charge in [-0.15, -0.1) is 0 Å². The summed E-state index contributed by atoms with van der Waals surface area (Å²) in [4.78, 5) is 0.302. The van der Waals surface area contributed by atoms with Crippen LogP contribution in [0, 0.1) is 0 Å². The topological polar surface area (TPSA) is 37.4 Å². The lowest BCUT2D eigenvalue weighted by molar-refractivity contribution is 0.409. The van der Waals surface area contributed by atoms with Gasteiger partial charge < -0.3 is 0 Å². The van der Waals surface area contributed by atoms with Gasteiger partial charge in [0, 0.05) is 17.6 Å². The van der Waals surface area contributed by atoms with Crippen molar-refractivity contribution in [2.75, 3.05) is 6.54 Å². The molecule has 0 unspecified atom stereocenters. The third kappa shape index (κ3) is 4.81. The minimum Gasteiger partial charge on any atom is -0.207 e. The van der Waals surface area contributed by atoms with E-state index in [0.29, 0.717) is 24.4 Å². The Bertz CT molecular complexity index is 944. The highest BCUT2D eigenvalue weighted by molar-refractivity contribution is 9.10. The molecule has 3 nitrogen and oxygen atoms in total. The molecule has 5 heteroatoms. The summed E-state index contributed by atoms with van der Waals surface area (Å²) in [5, 5.41) is 0. The summed E-state index contributed by atoms with van der Waals surface area (Å²) in [6, 6.07) is 26.5. The van der Waals surface area contributed by atoms with Crippen molar-refractivity contribution in [3.63, 3.8) is 0 Å². The van der Waals surface area contributed by atoms with E-state index in [1.807, 2.05) is 66.7 Å². The maximum atomic E-state index is 13.2. The third-order valence-electron chi connectivity index (χ3n) is 4.13. The Balaban J connectivity index is 1.88. The van der Waals surface area contributed by atoms with E-state index in [2.05, 4.69) is 15.9 Å². The van der Waals surface area contributed by atoms with Gasteiger partial charge in [-0.3, -0.25) is 0 Å². The van der Waals surface area contributed by atoms with Crippen LogP contribution in [-0.2, 0) is 23.0 Å². The first-order valence-corrected chi connectivity index (χ1v) is 10.6. The van der Waals surface area contributed by atoms with E-state index >= 15 is 0 Å². The third-order valence-corrected chi connectivity index (χ3v) is 6.46. The van der Waals surface area contributed by atoms with Gasteiger partial charge in [-0.1, -0.05) is 82.7 Å². The molecule has 0 aliphatic rings. The summed E-state index contributed by atoms with van der Waals surface area (Å²) in [5.74, 6) is 0. The molecular weight excluding hydrogens is 410 g/mol. The van der Waals surface area contributed by atoms with Gasteiger partial charge in [0.05, 0.1) is 4.90 Å². The minimum atomic E-state index is -3.59. The fraction of sp³-hybridized carbons (Fsp3) is 0.143. The fourth-order valence-electron chi connectivity index (χ4n) is 2.75. The lowest BCUT2D eigenvalue weighted by Gasteiger charge is -2.22. The van der Waals surface area contributed by atoms with Gasteiger partial charge in [-0.2, -0.15) is 4.31 Å². The van der Waals surface area contributed by atoms with E-state index in [-0.39, 0.29) is 0 Å². The molecule has 3 aromatic rings. The van der Waals surface area contributed by atoms with Crippen LogP contribution in [0.3, 0.4) is 0 Å². The Morgan fingerprint density at radius 3 is 2.00 bits per heavy atom. The van der Waals surface area contributed by atoms with Crippen LogP contribution >= 0.6 is 15.9 Å². The Morgan fingerprint density at radius 1 is 0.769 bits per heavy atom. The Labute approximate surface area is 163 Å². The van der Waals surface area contributed by atoms with Gasteiger partial charge in [-0.25, -0.2) is 8.42 Å². The van der Waals surface area contributed by atoms with E-state index in [1.165, 1.54) is 0 Å². The minimum absolute atomic E-state index is 0.302. The van der Waals surface area contributed by atoms with Crippen molar-refractivity contribution >= 4 is 26.0 Å². The monoisotopic (exact) mass is 429 g/mol. The molecule has 0 heterocycles. The highest BCUT2D eigenvalue weighted by atomic mass is 79.9. The predicted molar refractivity (Wildman–Crippen MR) is 108 cm³/mol. The second kappa shape index (κ2) is 8.62. The molecule has 0 fully saturated rings. The van der Waals surface area contributed by atoms with Gasteiger partial charge in [0.15, 0.2) is 0 Å². The summed E-state index contributed by atoms with van der Waals surface area (Å²) in [6.45, 7) is 0.774. The lowest BCUT2D eigenvalue weighted by atomic mass is 10.1. The second-order valence-corrected chi connectivity index (χ2v) is 8.87. The first kappa shape index (κ1) is 18.8. The average molecular weight is 430 g/mol. The maximum Gasteiger partial charge on any atom is 0.243 e. The molecule has 0 saturated heterocycles. The normalized spacial score (nSPS) is 11.6. The quantitative estimate of drug-likeness (QED) is 0.536. The maximum absolute atomic E-state index is 13.2. The SMILES string of the molecule is O=S(=O)(c1cccc(Br)c1)N(CCc1ccccc1)Cc1ccccc1. The van der Waals surface area contributed by atoms with Crippen LogP contribution in [0.25, 0.3) is 0 Å². The van der Waals surface area contributed by atoms with Crippen LogP contribution in [0.15, 0.2) is 94.3 Å². The second-order valence-electron chi connectivity index (χ2n) is 6.02. The Hall–Kier alpha value is -1.95. The highest BCUT2D eigenvalue weighted by Crippen LogP contribution is 2.22. The van der Waals surface area contributed by atoms with Crippen LogP contribution in [0.5, 0.6) is 0 Å². The number of rotatable bonds is 7. The van der Waals surface area contributed by atoms with Crippen molar-refractivity contribution in [3.05, 3.63) is 101 Å². The number of hydrogen-bond donors (Lipinski definition) is 0. The van der Waals surface area contributed by atoms with Crippen molar-refractivity contribution in [2.45, 2.75) is 17.9 Å². The molecule has 0 atom stereocenters. The van der Waals surface area contributed by atoms with Crippen LogP contribution in [0.2, 0.25) is 0 Å². The standard InChI is InChI=1S/C21H20BrNO2S/c22-20-12-7-13-21(16-20)26(24,25)23(17-19-10-5-2-6-11-19)15-14-18-8-3-1-4-9-18/h1-13,16H,14-15,17H2. The van der Waals surface area contributed by atoms with Crippen molar-refractivity contribution < 1.29 is 8.42 Å². The number of nitrogens with zero attached hydrogens (tertiary/aromatic N) is 1. The number of hydrogen-bond acceptors (Lipinski definition) is 2. The zero-order valence-corrected chi connectivity index (χ0v) is 16.7. The smallest absolute Gasteiger partial charge is 0.207 e. The summed E-state index contributed by atoms with van der Waals surface area (Å²) in [7, 11) is -3.59. The summed E-state index contributed by atoms with van der Waals surface area (Å²) in [5.41, 5.74) is 2.09. The first-order valence-electron chi connectivity index (χ1n) is 8.39. The van der Waals surface area contributed by atoms with Crippen LogP contribution in [0.1, 0.15) is 11.1 Å². The molecule has 3 rings (SSSR count). The molecule has 0 N–H and O–H groups in total. The fourth-order valence-corrected chi connectivity index (χ4v) is 4.77. The van der Waals surface area contributed by atoms with Crippen LogP contribution in [-0.4, -0.2) is 19.3 Å².